The van der Waals surface area contributed by atoms with Gasteiger partial charge in [0.25, 0.3) is 0 Å². The first-order valence-electron chi connectivity index (χ1n) is 15.8. The summed E-state index contributed by atoms with van der Waals surface area (Å²) < 4.78 is 0. The molecule has 4 rings (SSSR count). The second-order valence-electron chi connectivity index (χ2n) is 13.4. The van der Waals surface area contributed by atoms with Gasteiger partial charge in [0.2, 0.25) is 0 Å². The fourth-order valence-electron chi connectivity index (χ4n) is 7.51. The van der Waals surface area contributed by atoms with E-state index < -0.39 is 6.10 Å². The molecule has 8 heteroatoms. The van der Waals surface area contributed by atoms with Gasteiger partial charge in [0.15, 0.2) is 11.9 Å². The second-order valence-corrected chi connectivity index (χ2v) is 13.4. The Hall–Kier alpha value is -1.54. The first-order valence-corrected chi connectivity index (χ1v) is 15.8. The molecule has 2 saturated heterocycles. The van der Waals surface area contributed by atoms with Gasteiger partial charge in [-0.3, -0.25) is 15.3 Å². The molecule has 0 spiro atoms. The van der Waals surface area contributed by atoms with Gasteiger partial charge in [0.1, 0.15) is 0 Å². The first-order chi connectivity index (χ1) is 18.2. The van der Waals surface area contributed by atoms with Crippen LogP contribution in [-0.2, 0) is 0 Å². The van der Waals surface area contributed by atoms with Crippen molar-refractivity contribution in [2.75, 3.05) is 32.7 Å². The SMILES string of the molecule is CC(C)CCCN1C(=N)N([C@H](CC2CCCCC2)N2CCC[C@H]2CN2C(N)=NC[C@H]2C(C)C)C[C@H]1[C@@H](C)O. The fraction of sp³-hybridized carbons (Fsp3) is 0.933. The lowest BCUT2D eigenvalue weighted by Crippen LogP contribution is -2.56. The third-order valence-corrected chi connectivity index (χ3v) is 9.81. The average molecular weight is 532 g/mol. The maximum absolute atomic E-state index is 10.8. The van der Waals surface area contributed by atoms with E-state index in [-0.39, 0.29) is 12.2 Å². The van der Waals surface area contributed by atoms with Crippen LogP contribution in [0.1, 0.15) is 98.8 Å². The molecule has 0 unspecified atom stereocenters. The van der Waals surface area contributed by atoms with Crippen LogP contribution in [0.5, 0.6) is 0 Å². The van der Waals surface area contributed by atoms with Crippen LogP contribution < -0.4 is 5.73 Å². The molecule has 8 nitrogen and oxygen atoms in total. The maximum Gasteiger partial charge on any atom is 0.195 e. The highest BCUT2D eigenvalue weighted by Gasteiger charge is 2.45. The van der Waals surface area contributed by atoms with Crippen molar-refractivity contribution in [2.45, 2.75) is 129 Å². The van der Waals surface area contributed by atoms with Gasteiger partial charge in [-0.2, -0.15) is 0 Å². The van der Waals surface area contributed by atoms with Crippen LogP contribution in [0.2, 0.25) is 0 Å². The second kappa shape index (κ2) is 13.2. The summed E-state index contributed by atoms with van der Waals surface area (Å²) in [7, 11) is 0. The Labute approximate surface area is 232 Å². The summed E-state index contributed by atoms with van der Waals surface area (Å²) in [5, 5.41) is 20.1. The van der Waals surface area contributed by atoms with Crippen molar-refractivity contribution in [3.63, 3.8) is 0 Å². The van der Waals surface area contributed by atoms with Crippen LogP contribution in [0.15, 0.2) is 4.99 Å². The van der Waals surface area contributed by atoms with E-state index in [1.807, 2.05) is 6.92 Å². The lowest BCUT2D eigenvalue weighted by molar-refractivity contribution is 0.0403. The molecule has 0 amide bonds. The third-order valence-electron chi connectivity index (χ3n) is 9.81. The number of nitrogens with zero attached hydrogens (tertiary/aromatic N) is 5. The molecule has 1 saturated carbocycles. The number of rotatable bonds is 12. The van der Waals surface area contributed by atoms with Crippen molar-refractivity contribution in [3.8, 4) is 0 Å². The summed E-state index contributed by atoms with van der Waals surface area (Å²) in [5.74, 6) is 3.25. The molecule has 0 aromatic heterocycles. The minimum Gasteiger partial charge on any atom is -0.391 e. The zero-order valence-electron chi connectivity index (χ0n) is 25.0. The summed E-state index contributed by atoms with van der Waals surface area (Å²) in [6.45, 7) is 15.4. The molecule has 3 fully saturated rings. The Morgan fingerprint density at radius 1 is 1.00 bits per heavy atom. The number of likely N-dealkylation sites (tertiary alicyclic amines) is 1. The van der Waals surface area contributed by atoms with E-state index >= 15 is 0 Å². The van der Waals surface area contributed by atoms with Gasteiger partial charge in [-0.25, -0.2) is 0 Å². The van der Waals surface area contributed by atoms with E-state index in [1.165, 1.54) is 44.9 Å². The van der Waals surface area contributed by atoms with Gasteiger partial charge in [-0.1, -0.05) is 59.8 Å². The Bertz CT molecular complexity index is 793. The molecule has 4 aliphatic rings. The van der Waals surface area contributed by atoms with Crippen LogP contribution in [0.3, 0.4) is 0 Å². The van der Waals surface area contributed by atoms with Crippen molar-refractivity contribution in [1.82, 2.24) is 19.6 Å². The lowest BCUT2D eigenvalue weighted by atomic mass is 9.85. The van der Waals surface area contributed by atoms with Gasteiger partial charge in [0.05, 0.1) is 30.9 Å². The van der Waals surface area contributed by atoms with E-state index in [0.29, 0.717) is 35.8 Å². The highest BCUT2D eigenvalue weighted by molar-refractivity contribution is 5.80. The minimum absolute atomic E-state index is 0.00347. The Balaban J connectivity index is 1.55. The van der Waals surface area contributed by atoms with E-state index in [9.17, 15) is 10.5 Å². The minimum atomic E-state index is -0.448. The molecule has 3 aliphatic heterocycles. The Morgan fingerprint density at radius 3 is 2.39 bits per heavy atom. The normalized spacial score (nSPS) is 29.3. The topological polar surface area (TPSA) is 95.4 Å². The molecule has 0 bridgehead atoms. The van der Waals surface area contributed by atoms with Crippen LogP contribution in [0.4, 0.5) is 0 Å². The number of nitrogens with one attached hydrogen (secondary N) is 1. The predicted octanol–water partition coefficient (Wildman–Crippen LogP) is 4.14. The highest BCUT2D eigenvalue weighted by Crippen LogP contribution is 2.35. The maximum atomic E-state index is 10.8. The third kappa shape index (κ3) is 6.78. The summed E-state index contributed by atoms with van der Waals surface area (Å²) in [4.78, 5) is 14.3. The van der Waals surface area contributed by atoms with E-state index in [1.54, 1.807) is 0 Å². The Morgan fingerprint density at radius 2 is 1.74 bits per heavy atom. The monoisotopic (exact) mass is 531 g/mol. The number of aliphatic hydroxyl groups excluding tert-OH is 1. The molecular formula is C30H57N7O. The molecule has 0 aromatic rings. The number of hydrogen-bond acceptors (Lipinski definition) is 6. The van der Waals surface area contributed by atoms with Crippen molar-refractivity contribution >= 4 is 11.9 Å². The largest absolute Gasteiger partial charge is 0.391 e. The quantitative estimate of drug-likeness (QED) is 0.350. The Kier molecular flexibility index (Phi) is 10.2. The van der Waals surface area contributed by atoms with E-state index in [0.717, 1.165) is 57.9 Å². The molecule has 1 aliphatic carbocycles. The number of hydrogen-bond donors (Lipinski definition) is 3. The molecule has 0 radical (unpaired) electrons. The van der Waals surface area contributed by atoms with Crippen LogP contribution >= 0.6 is 0 Å². The summed E-state index contributed by atoms with van der Waals surface area (Å²) in [6, 6.07) is 0.802. The zero-order valence-corrected chi connectivity index (χ0v) is 25.0. The molecule has 0 aromatic carbocycles. The number of aliphatic imine (C=N–C) groups is 1. The van der Waals surface area contributed by atoms with Crippen molar-refractivity contribution in [3.05, 3.63) is 0 Å². The van der Waals surface area contributed by atoms with Gasteiger partial charge in [-0.05, 0) is 56.8 Å². The molecule has 3 heterocycles. The van der Waals surface area contributed by atoms with Gasteiger partial charge < -0.3 is 25.5 Å². The van der Waals surface area contributed by atoms with Crippen LogP contribution in [0.25, 0.3) is 0 Å². The first kappa shape index (κ1) is 29.4. The highest BCUT2D eigenvalue weighted by atomic mass is 16.3. The smallest absolute Gasteiger partial charge is 0.195 e. The van der Waals surface area contributed by atoms with Crippen molar-refractivity contribution < 1.29 is 5.11 Å². The number of guanidine groups is 2. The van der Waals surface area contributed by atoms with Gasteiger partial charge in [-0.15, -0.1) is 0 Å². The van der Waals surface area contributed by atoms with Crippen LogP contribution in [0, 0.1) is 23.2 Å². The molecule has 218 valence electrons. The molecule has 38 heavy (non-hydrogen) atoms. The standard InChI is InChI=1S/C30H57N7O/c1-21(2)11-9-16-35-27(23(5)38)20-37(30(35)32)28(17-24-12-7-6-8-13-24)34-15-10-14-25(34)19-36-26(22(3)4)18-33-29(36)31/h21-28,32,38H,6-20H2,1-5H3,(H2,31,33)/t23-,25+,26+,27+,28-/m1/s1. The predicted molar refractivity (Wildman–Crippen MR) is 157 cm³/mol. The van der Waals surface area contributed by atoms with E-state index in [2.05, 4.69) is 52.3 Å². The molecule has 5 atom stereocenters. The van der Waals surface area contributed by atoms with Gasteiger partial charge in [0, 0.05) is 32.2 Å². The van der Waals surface area contributed by atoms with Gasteiger partial charge >= 0.3 is 0 Å². The van der Waals surface area contributed by atoms with Crippen molar-refractivity contribution in [2.24, 2.45) is 28.5 Å². The molecular weight excluding hydrogens is 474 g/mol. The van der Waals surface area contributed by atoms with Crippen molar-refractivity contribution in [1.29, 1.82) is 5.41 Å². The summed E-state index contributed by atoms with van der Waals surface area (Å²) in [5.41, 5.74) is 6.42. The number of aliphatic hydroxyl groups is 1. The fourth-order valence-corrected chi connectivity index (χ4v) is 7.51. The summed E-state index contributed by atoms with van der Waals surface area (Å²) in [6.07, 6.45) is 12.2. The zero-order chi connectivity index (χ0) is 27.4. The molecule has 4 N–H and O–H groups in total. The summed E-state index contributed by atoms with van der Waals surface area (Å²) >= 11 is 0. The average Bonchev–Trinajstić information content (AvgIpc) is 3.57. The lowest BCUT2D eigenvalue weighted by Gasteiger charge is -2.43. The van der Waals surface area contributed by atoms with E-state index in [4.69, 9.17) is 5.73 Å². The number of nitrogens with two attached hydrogens (primary N) is 1. The van der Waals surface area contributed by atoms with Crippen LogP contribution in [-0.4, -0.2) is 99.7 Å².